The molecule has 0 radical (unpaired) electrons. The number of hydrogen-bond acceptors (Lipinski definition) is 3. The molecule has 0 aliphatic heterocycles. The van der Waals surface area contributed by atoms with E-state index in [2.05, 4.69) is 10.6 Å². The summed E-state index contributed by atoms with van der Waals surface area (Å²) < 4.78 is 0. The molecule has 2 aromatic carbocycles. The van der Waals surface area contributed by atoms with Crippen molar-refractivity contribution in [2.24, 2.45) is 0 Å². The van der Waals surface area contributed by atoms with Crippen LogP contribution in [0.25, 0.3) is 0 Å². The van der Waals surface area contributed by atoms with Gasteiger partial charge in [-0.15, -0.1) is 0 Å². The van der Waals surface area contributed by atoms with Gasteiger partial charge in [0, 0.05) is 38.2 Å². The molecule has 0 saturated heterocycles. The van der Waals surface area contributed by atoms with E-state index in [1.807, 2.05) is 56.3 Å². The summed E-state index contributed by atoms with van der Waals surface area (Å²) in [4.78, 5) is 25.9. The highest BCUT2D eigenvalue weighted by Gasteiger charge is 2.11. The van der Waals surface area contributed by atoms with E-state index in [1.54, 1.807) is 11.0 Å². The average Bonchev–Trinajstić information content (AvgIpc) is 2.69. The van der Waals surface area contributed by atoms with E-state index < -0.39 is 0 Å². The van der Waals surface area contributed by atoms with E-state index in [1.165, 1.54) is 0 Å². The Hall–Kier alpha value is -2.53. The number of carbonyl (C=O) groups is 2. The van der Waals surface area contributed by atoms with E-state index in [4.69, 9.17) is 11.6 Å². The van der Waals surface area contributed by atoms with Gasteiger partial charge in [0.05, 0.1) is 10.7 Å². The molecule has 0 saturated carbocycles. The van der Waals surface area contributed by atoms with Gasteiger partial charge in [-0.1, -0.05) is 41.9 Å². The molecule has 0 aliphatic rings. The summed E-state index contributed by atoms with van der Waals surface area (Å²) in [6, 6.07) is 15.4. The minimum atomic E-state index is -0.117. The van der Waals surface area contributed by atoms with Gasteiger partial charge in [0.1, 0.15) is 0 Å². The maximum Gasteiger partial charge on any atom is 0.224 e. The second-order valence-corrected chi connectivity index (χ2v) is 6.91. The third-order valence-corrected chi connectivity index (χ3v) is 4.80. The Morgan fingerprint density at radius 3 is 2.36 bits per heavy atom. The van der Waals surface area contributed by atoms with Crippen LogP contribution in [0, 0.1) is 0 Å². The summed E-state index contributed by atoms with van der Waals surface area (Å²) in [7, 11) is 0. The molecular weight excluding hydrogens is 374 g/mol. The van der Waals surface area contributed by atoms with Gasteiger partial charge in [0.25, 0.3) is 0 Å². The van der Waals surface area contributed by atoms with Crippen LogP contribution in [0.3, 0.4) is 0 Å². The van der Waals surface area contributed by atoms with Crippen molar-refractivity contribution in [3.63, 3.8) is 0 Å². The number of carbonyl (C=O) groups excluding carboxylic acids is 2. The van der Waals surface area contributed by atoms with Crippen molar-refractivity contribution in [1.29, 1.82) is 0 Å². The Balaban J connectivity index is 1.80. The van der Waals surface area contributed by atoms with Gasteiger partial charge in [0.15, 0.2) is 0 Å². The minimum Gasteiger partial charge on any atom is -0.380 e. The number of nitrogens with one attached hydrogen (secondary N) is 2. The molecule has 0 aromatic heterocycles. The Morgan fingerprint density at radius 2 is 1.71 bits per heavy atom. The first kappa shape index (κ1) is 21.8. The van der Waals surface area contributed by atoms with Gasteiger partial charge in [-0.3, -0.25) is 9.59 Å². The zero-order valence-electron chi connectivity index (χ0n) is 16.5. The van der Waals surface area contributed by atoms with Crippen LogP contribution in [-0.4, -0.2) is 29.8 Å². The molecule has 2 N–H and O–H groups in total. The van der Waals surface area contributed by atoms with Crippen LogP contribution < -0.4 is 10.6 Å². The summed E-state index contributed by atoms with van der Waals surface area (Å²) in [6.45, 7) is 5.98. The van der Waals surface area contributed by atoms with Crippen LogP contribution in [0.15, 0.2) is 48.5 Å². The van der Waals surface area contributed by atoms with Gasteiger partial charge in [-0.2, -0.15) is 0 Å². The molecule has 2 rings (SSSR count). The zero-order chi connectivity index (χ0) is 20.4. The minimum absolute atomic E-state index is 0.0923. The summed E-state index contributed by atoms with van der Waals surface area (Å²) in [6.07, 6.45) is 1.22. The lowest BCUT2D eigenvalue weighted by Gasteiger charge is -2.18. The van der Waals surface area contributed by atoms with Crippen molar-refractivity contribution in [1.82, 2.24) is 4.90 Å². The van der Waals surface area contributed by atoms with Crippen LogP contribution in [0.5, 0.6) is 0 Å². The maximum absolute atomic E-state index is 12.1. The second-order valence-electron chi connectivity index (χ2n) is 6.50. The molecule has 2 aromatic rings. The van der Waals surface area contributed by atoms with Crippen molar-refractivity contribution < 1.29 is 9.59 Å². The fraction of sp³-hybridized carbons (Fsp3) is 0.364. The number of benzene rings is 2. The van der Waals surface area contributed by atoms with Crippen LogP contribution in [-0.2, 0) is 16.1 Å². The van der Waals surface area contributed by atoms with Crippen LogP contribution in [0.2, 0.25) is 5.02 Å². The second kappa shape index (κ2) is 11.3. The molecular formula is C22H28ClN3O2. The lowest BCUT2D eigenvalue weighted by Crippen LogP contribution is -2.30. The van der Waals surface area contributed by atoms with E-state index in [0.717, 1.165) is 11.3 Å². The van der Waals surface area contributed by atoms with Crippen LogP contribution in [0.1, 0.15) is 38.7 Å². The topological polar surface area (TPSA) is 61.4 Å². The fourth-order valence-corrected chi connectivity index (χ4v) is 3.13. The van der Waals surface area contributed by atoms with E-state index in [9.17, 15) is 9.59 Å². The van der Waals surface area contributed by atoms with Crippen molar-refractivity contribution >= 4 is 34.8 Å². The first-order valence-electron chi connectivity index (χ1n) is 9.68. The lowest BCUT2D eigenvalue weighted by atomic mass is 10.2. The molecule has 0 atom stereocenters. The van der Waals surface area contributed by atoms with Gasteiger partial charge >= 0.3 is 0 Å². The summed E-state index contributed by atoms with van der Waals surface area (Å²) >= 11 is 6.33. The highest BCUT2D eigenvalue weighted by atomic mass is 35.5. The Morgan fingerprint density at radius 1 is 1.00 bits per heavy atom. The molecule has 0 aliphatic carbocycles. The highest BCUT2D eigenvalue weighted by molar-refractivity contribution is 6.33. The predicted molar refractivity (Wildman–Crippen MR) is 116 cm³/mol. The van der Waals surface area contributed by atoms with Crippen molar-refractivity contribution in [2.75, 3.05) is 23.7 Å². The van der Waals surface area contributed by atoms with E-state index in [0.29, 0.717) is 49.6 Å². The van der Waals surface area contributed by atoms with Crippen molar-refractivity contribution in [2.45, 2.75) is 39.7 Å². The highest BCUT2D eigenvalue weighted by Crippen LogP contribution is 2.26. The SMILES string of the molecule is CCN(CC)C(=O)CCCC(=O)Nc1ccc(NCc2ccccc2)c(Cl)c1. The lowest BCUT2D eigenvalue weighted by molar-refractivity contribution is -0.130. The third kappa shape index (κ3) is 6.89. The molecule has 0 spiro atoms. The zero-order valence-corrected chi connectivity index (χ0v) is 17.3. The molecule has 0 bridgehead atoms. The summed E-state index contributed by atoms with van der Waals surface area (Å²) in [5, 5.41) is 6.68. The van der Waals surface area contributed by atoms with Crippen LogP contribution >= 0.6 is 11.6 Å². The average molecular weight is 402 g/mol. The molecule has 0 unspecified atom stereocenters. The third-order valence-electron chi connectivity index (χ3n) is 4.49. The monoisotopic (exact) mass is 401 g/mol. The van der Waals surface area contributed by atoms with E-state index >= 15 is 0 Å². The smallest absolute Gasteiger partial charge is 0.224 e. The molecule has 6 heteroatoms. The van der Waals surface area contributed by atoms with Crippen molar-refractivity contribution in [3.8, 4) is 0 Å². The number of nitrogens with zero attached hydrogens (tertiary/aromatic N) is 1. The predicted octanol–water partition coefficient (Wildman–Crippen LogP) is 4.93. The molecule has 0 heterocycles. The first-order chi connectivity index (χ1) is 13.5. The standard InChI is InChI=1S/C22H28ClN3O2/c1-3-26(4-2)22(28)12-8-11-21(27)25-18-13-14-20(19(23)15-18)24-16-17-9-6-5-7-10-17/h5-7,9-10,13-15,24H,3-4,8,11-12,16H2,1-2H3,(H,25,27). The van der Waals surface area contributed by atoms with Gasteiger partial charge in [0.2, 0.25) is 11.8 Å². The fourth-order valence-electron chi connectivity index (χ4n) is 2.89. The normalized spacial score (nSPS) is 10.4. The van der Waals surface area contributed by atoms with Gasteiger partial charge in [-0.05, 0) is 44.0 Å². The Kier molecular flexibility index (Phi) is 8.82. The molecule has 150 valence electrons. The largest absolute Gasteiger partial charge is 0.380 e. The Bertz CT molecular complexity index is 777. The molecule has 2 amide bonds. The number of anilines is 2. The molecule has 0 fully saturated rings. The summed E-state index contributed by atoms with van der Waals surface area (Å²) in [5.74, 6) is -0.0249. The maximum atomic E-state index is 12.1. The van der Waals surface area contributed by atoms with Gasteiger partial charge < -0.3 is 15.5 Å². The Labute approximate surface area is 172 Å². The van der Waals surface area contributed by atoms with Crippen LogP contribution in [0.4, 0.5) is 11.4 Å². The van der Waals surface area contributed by atoms with Gasteiger partial charge in [-0.25, -0.2) is 0 Å². The van der Waals surface area contributed by atoms with Crippen molar-refractivity contribution in [3.05, 3.63) is 59.1 Å². The molecule has 5 nitrogen and oxygen atoms in total. The quantitative estimate of drug-likeness (QED) is 0.593. The number of halogens is 1. The summed E-state index contributed by atoms with van der Waals surface area (Å²) in [5.41, 5.74) is 2.62. The van der Waals surface area contributed by atoms with E-state index in [-0.39, 0.29) is 11.8 Å². The number of hydrogen-bond donors (Lipinski definition) is 2. The first-order valence-corrected chi connectivity index (χ1v) is 10.1. The number of amides is 2. The number of rotatable bonds is 10. The molecule has 28 heavy (non-hydrogen) atoms.